The van der Waals surface area contributed by atoms with E-state index in [4.69, 9.17) is 23.6 Å². The third kappa shape index (κ3) is 5.93. The van der Waals surface area contributed by atoms with E-state index in [1.165, 1.54) is 13.2 Å². The van der Waals surface area contributed by atoms with Gasteiger partial charge in [-0.3, -0.25) is 9.30 Å². The van der Waals surface area contributed by atoms with Crippen LogP contribution in [0.4, 0.5) is 13.2 Å². The number of hydrogen-bond donors (Lipinski definition) is 3. The number of allylic oxidation sites excluding steroid dienone is 3. The van der Waals surface area contributed by atoms with Gasteiger partial charge in [-0.15, -0.1) is 0 Å². The predicted octanol–water partition coefficient (Wildman–Crippen LogP) is 6.93. The van der Waals surface area contributed by atoms with Crippen molar-refractivity contribution in [3.05, 3.63) is 53.5 Å². The molecule has 13 heteroatoms. The van der Waals surface area contributed by atoms with Gasteiger partial charge in [0.15, 0.2) is 0 Å². The fraction of sp³-hybridized carbons (Fsp3) is 0.556. The standard InChI is InChI=1S/C27H39BF3N5O3S/c1-17(2)35-15-19(28-38-25(3,4)26(5,6)39-28)24(32)27(7)13-9-10-21(23(27)31)36(16-37-8)40(33,34)22-14-18(29)11-12-20(22)30/h9-12,14-15,17,19,32-34H,13,16H2,1-8H3. The Morgan fingerprint density at radius 3 is 2.30 bits per heavy atom. The molecular formula is C27H39BF3N5O3S. The van der Waals surface area contributed by atoms with Gasteiger partial charge in [0.05, 0.1) is 42.8 Å². The van der Waals surface area contributed by atoms with Crippen LogP contribution < -0.4 is 0 Å². The summed E-state index contributed by atoms with van der Waals surface area (Å²) in [6.07, 6.45) is 4.68. The van der Waals surface area contributed by atoms with Crippen molar-refractivity contribution >= 4 is 28.9 Å². The molecule has 2 unspecified atom stereocenters. The van der Waals surface area contributed by atoms with Gasteiger partial charge in [0.25, 0.3) is 0 Å². The summed E-state index contributed by atoms with van der Waals surface area (Å²) in [5.74, 6) is -3.43. The Bertz CT molecular complexity index is 1330. The molecule has 0 amide bonds. The van der Waals surface area contributed by atoms with E-state index in [1.54, 1.807) is 19.2 Å². The number of methoxy groups -OCH3 is 1. The topological polar surface area (TPSA) is 115 Å². The van der Waals surface area contributed by atoms with Gasteiger partial charge in [-0.25, -0.2) is 22.7 Å². The van der Waals surface area contributed by atoms with Crippen LogP contribution in [-0.4, -0.2) is 54.4 Å². The Labute approximate surface area is 235 Å². The monoisotopic (exact) mass is 581 g/mol. The fourth-order valence-electron chi connectivity index (χ4n) is 4.46. The van der Waals surface area contributed by atoms with Crippen LogP contribution in [0, 0.1) is 32.0 Å². The van der Waals surface area contributed by atoms with Gasteiger partial charge >= 0.3 is 7.12 Å². The summed E-state index contributed by atoms with van der Waals surface area (Å²) >= 11 is 0. The van der Waals surface area contributed by atoms with Gasteiger partial charge in [-0.05, 0) is 79.2 Å². The van der Waals surface area contributed by atoms with Gasteiger partial charge in [0.1, 0.15) is 24.2 Å². The summed E-state index contributed by atoms with van der Waals surface area (Å²) < 4.78 is 81.6. The van der Waals surface area contributed by atoms with Crippen LogP contribution in [-0.2, 0) is 23.9 Å². The van der Waals surface area contributed by atoms with E-state index in [0.717, 1.165) is 22.5 Å². The number of hydrogen-bond acceptors (Lipinski definition) is 7. The van der Waals surface area contributed by atoms with E-state index in [0.29, 0.717) is 0 Å². The van der Waals surface area contributed by atoms with E-state index in [9.17, 15) is 14.2 Å². The smallest absolute Gasteiger partial charge is 0.403 e. The van der Waals surface area contributed by atoms with E-state index < -0.39 is 68.4 Å². The van der Waals surface area contributed by atoms with Gasteiger partial charge < -0.3 is 19.5 Å². The van der Waals surface area contributed by atoms with Crippen molar-refractivity contribution in [3.8, 4) is 0 Å². The molecular weight excluding hydrogens is 542 g/mol. The highest BCUT2D eigenvalue weighted by Crippen LogP contribution is 2.47. The largest absolute Gasteiger partial charge is 0.472 e. The molecule has 220 valence electrons. The lowest BCUT2D eigenvalue weighted by Gasteiger charge is -2.38. The van der Waals surface area contributed by atoms with Crippen LogP contribution in [0.2, 0.25) is 5.82 Å². The number of ether oxygens (including phenoxy) is 1. The minimum absolute atomic E-state index is 0.0698. The molecule has 0 bridgehead atoms. The summed E-state index contributed by atoms with van der Waals surface area (Å²) in [6, 6.07) is 2.41. The van der Waals surface area contributed by atoms with Gasteiger partial charge in [-0.2, -0.15) is 0 Å². The molecule has 8 nitrogen and oxygen atoms in total. The average Bonchev–Trinajstić information content (AvgIpc) is 3.07. The Balaban J connectivity index is 2.12. The predicted molar refractivity (Wildman–Crippen MR) is 152 cm³/mol. The summed E-state index contributed by atoms with van der Waals surface area (Å²) in [6.45, 7) is 12.4. The maximum absolute atomic E-state index is 16.6. The summed E-state index contributed by atoms with van der Waals surface area (Å²) in [5, 5.41) is 9.25. The molecule has 0 radical (unpaired) electrons. The third-order valence-corrected chi connectivity index (χ3v) is 9.52. The first-order valence-electron chi connectivity index (χ1n) is 13.0. The molecule has 1 heterocycles. The SMILES string of the molecule is COCN(C1=C(F)C(C)(C(=N)C(C=NC(C)C)B2OC(C)(C)C(C)(C)O2)CC=C1)S(=N)(=N)c1cc(F)ccc1F. The van der Waals surface area contributed by atoms with Crippen LogP contribution in [0.25, 0.3) is 0 Å². The second-order valence-corrected chi connectivity index (χ2v) is 13.6. The Morgan fingerprint density at radius 2 is 1.75 bits per heavy atom. The second kappa shape index (κ2) is 11.4. The molecule has 2 aliphatic rings. The van der Waals surface area contributed by atoms with Crippen molar-refractivity contribution < 1.29 is 27.2 Å². The Morgan fingerprint density at radius 1 is 1.15 bits per heavy atom. The van der Waals surface area contributed by atoms with Crippen LogP contribution >= 0.6 is 0 Å². The molecule has 3 rings (SSSR count). The van der Waals surface area contributed by atoms with E-state index >= 15 is 4.39 Å². The molecule has 1 saturated heterocycles. The van der Waals surface area contributed by atoms with Crippen molar-refractivity contribution in [3.63, 3.8) is 0 Å². The van der Waals surface area contributed by atoms with E-state index in [1.807, 2.05) is 41.5 Å². The number of rotatable bonds is 10. The van der Waals surface area contributed by atoms with Crippen LogP contribution in [0.1, 0.15) is 54.9 Å². The minimum Gasteiger partial charge on any atom is -0.403 e. The molecule has 0 saturated carbocycles. The summed E-state index contributed by atoms with van der Waals surface area (Å²) in [5.41, 5.74) is -3.21. The number of halogens is 3. The summed E-state index contributed by atoms with van der Waals surface area (Å²) in [4.78, 5) is 3.94. The van der Waals surface area contributed by atoms with E-state index in [2.05, 4.69) is 4.99 Å². The first-order chi connectivity index (χ1) is 18.4. The highest BCUT2D eigenvalue weighted by atomic mass is 32.2. The third-order valence-electron chi connectivity index (χ3n) is 7.61. The molecule has 3 N–H and O–H groups in total. The maximum Gasteiger partial charge on any atom is 0.472 e. The van der Waals surface area contributed by atoms with Crippen molar-refractivity contribution in [2.24, 2.45) is 10.4 Å². The molecule has 1 aliphatic heterocycles. The Kier molecular flexibility index (Phi) is 9.15. The first-order valence-corrected chi connectivity index (χ1v) is 14.6. The van der Waals surface area contributed by atoms with Gasteiger partial charge in [-0.1, -0.05) is 6.08 Å². The van der Waals surface area contributed by atoms with Crippen molar-refractivity contribution in [1.29, 1.82) is 15.0 Å². The molecule has 2 atom stereocenters. The average molecular weight is 582 g/mol. The van der Waals surface area contributed by atoms with Crippen LogP contribution in [0.3, 0.4) is 0 Å². The molecule has 1 aliphatic carbocycles. The van der Waals surface area contributed by atoms with Crippen molar-refractivity contribution in [1.82, 2.24) is 4.31 Å². The zero-order valence-corrected chi connectivity index (χ0v) is 25.1. The number of nitrogens with zero attached hydrogens (tertiary/aromatic N) is 2. The molecule has 1 aromatic rings. The van der Waals surface area contributed by atoms with Crippen LogP contribution in [0.15, 0.2) is 51.8 Å². The van der Waals surface area contributed by atoms with Gasteiger partial charge in [0.2, 0.25) is 0 Å². The zero-order valence-electron chi connectivity index (χ0n) is 24.3. The number of benzene rings is 1. The van der Waals surface area contributed by atoms with Crippen molar-refractivity contribution in [2.45, 2.75) is 82.8 Å². The fourth-order valence-corrected chi connectivity index (χ4v) is 6.03. The highest BCUT2D eigenvalue weighted by molar-refractivity contribution is 7.91. The van der Waals surface area contributed by atoms with Crippen molar-refractivity contribution in [2.75, 3.05) is 13.8 Å². The first kappa shape index (κ1) is 32.0. The molecule has 0 aromatic heterocycles. The molecule has 1 fully saturated rings. The van der Waals surface area contributed by atoms with E-state index in [-0.39, 0.29) is 23.9 Å². The molecule has 40 heavy (non-hydrogen) atoms. The lowest BCUT2D eigenvalue weighted by atomic mass is 9.61. The number of aliphatic imine (C=N–C) groups is 1. The van der Waals surface area contributed by atoms with Gasteiger partial charge in [0, 0.05) is 25.1 Å². The maximum atomic E-state index is 16.6. The normalized spacial score (nSPS) is 23.4. The lowest BCUT2D eigenvalue weighted by Crippen LogP contribution is -2.42. The lowest BCUT2D eigenvalue weighted by molar-refractivity contribution is 0.00578. The number of nitrogens with one attached hydrogen (secondary N) is 3. The summed E-state index contributed by atoms with van der Waals surface area (Å²) in [7, 11) is -3.43. The minimum atomic E-state index is -3.81. The molecule has 0 spiro atoms. The van der Waals surface area contributed by atoms with Crippen LogP contribution in [0.5, 0.6) is 0 Å². The zero-order chi connectivity index (χ0) is 30.3. The second-order valence-electron chi connectivity index (χ2n) is 11.5. The Hall–Kier alpha value is -2.48. The quantitative estimate of drug-likeness (QED) is 0.158. The molecule has 1 aromatic carbocycles. The highest BCUT2D eigenvalue weighted by Gasteiger charge is 2.56.